The third-order valence-electron chi connectivity index (χ3n) is 3.71. The molecular weight excluding hydrogens is 254 g/mol. The van der Waals surface area contributed by atoms with Crippen LogP contribution in [0.1, 0.15) is 25.7 Å². The van der Waals surface area contributed by atoms with Crippen molar-refractivity contribution in [2.75, 3.05) is 25.4 Å². The molecule has 2 aliphatic rings. The lowest BCUT2D eigenvalue weighted by Crippen LogP contribution is -2.44. The summed E-state index contributed by atoms with van der Waals surface area (Å²) in [5.74, 6) is 0.308. The molecule has 0 aromatic heterocycles. The SMILES string of the molecule is N=C(N)C1CCN(S(=O)(=O)CC2CCCO2)CC1. The van der Waals surface area contributed by atoms with Crippen LogP contribution in [0.5, 0.6) is 0 Å². The minimum Gasteiger partial charge on any atom is -0.387 e. The van der Waals surface area contributed by atoms with Crippen molar-refractivity contribution in [3.8, 4) is 0 Å². The number of rotatable bonds is 4. The van der Waals surface area contributed by atoms with Crippen LogP contribution in [-0.4, -0.2) is 50.1 Å². The Hall–Kier alpha value is -0.660. The normalized spacial score (nSPS) is 27.4. The molecule has 2 rings (SSSR count). The van der Waals surface area contributed by atoms with Gasteiger partial charge in [-0.2, -0.15) is 0 Å². The summed E-state index contributed by atoms with van der Waals surface area (Å²) in [5.41, 5.74) is 5.45. The summed E-state index contributed by atoms with van der Waals surface area (Å²) in [6.07, 6.45) is 2.95. The Balaban J connectivity index is 1.89. The lowest BCUT2D eigenvalue weighted by molar-refractivity contribution is 0.126. The maximum Gasteiger partial charge on any atom is 0.216 e. The number of nitrogens with zero attached hydrogens (tertiary/aromatic N) is 1. The van der Waals surface area contributed by atoms with Crippen LogP contribution in [0.15, 0.2) is 0 Å². The van der Waals surface area contributed by atoms with E-state index in [1.807, 2.05) is 0 Å². The zero-order valence-electron chi connectivity index (χ0n) is 10.5. The number of piperidine rings is 1. The molecule has 2 fully saturated rings. The highest BCUT2D eigenvalue weighted by molar-refractivity contribution is 7.89. The number of hydrogen-bond donors (Lipinski definition) is 2. The summed E-state index contributed by atoms with van der Waals surface area (Å²) in [6, 6.07) is 0. The van der Waals surface area contributed by atoms with Crippen molar-refractivity contribution in [3.63, 3.8) is 0 Å². The maximum absolute atomic E-state index is 12.2. The molecule has 2 aliphatic heterocycles. The molecule has 0 saturated carbocycles. The molecule has 1 atom stereocenters. The minimum atomic E-state index is -3.22. The van der Waals surface area contributed by atoms with Crippen LogP contribution >= 0.6 is 0 Å². The van der Waals surface area contributed by atoms with Gasteiger partial charge < -0.3 is 10.5 Å². The van der Waals surface area contributed by atoms with Gasteiger partial charge in [-0.25, -0.2) is 12.7 Å². The molecule has 2 saturated heterocycles. The summed E-state index contributed by atoms with van der Waals surface area (Å²) < 4.78 is 31.3. The van der Waals surface area contributed by atoms with Gasteiger partial charge in [0, 0.05) is 25.6 Å². The molecular formula is C11H21N3O3S. The van der Waals surface area contributed by atoms with Gasteiger partial charge in [0.15, 0.2) is 0 Å². The van der Waals surface area contributed by atoms with E-state index < -0.39 is 10.0 Å². The van der Waals surface area contributed by atoms with Crippen LogP contribution < -0.4 is 5.73 Å². The van der Waals surface area contributed by atoms with Gasteiger partial charge in [-0.15, -0.1) is 0 Å². The molecule has 7 heteroatoms. The van der Waals surface area contributed by atoms with Crippen LogP contribution in [0.25, 0.3) is 0 Å². The Labute approximate surface area is 108 Å². The van der Waals surface area contributed by atoms with Crippen molar-refractivity contribution in [2.24, 2.45) is 11.7 Å². The Kier molecular flexibility index (Phi) is 4.24. The zero-order chi connectivity index (χ0) is 13.2. The number of nitrogens with one attached hydrogen (secondary N) is 1. The van der Waals surface area contributed by atoms with Crippen molar-refractivity contribution in [1.82, 2.24) is 4.31 Å². The largest absolute Gasteiger partial charge is 0.387 e. The van der Waals surface area contributed by atoms with Crippen molar-refractivity contribution in [3.05, 3.63) is 0 Å². The van der Waals surface area contributed by atoms with E-state index in [1.54, 1.807) is 0 Å². The minimum absolute atomic E-state index is 0.0409. The smallest absolute Gasteiger partial charge is 0.216 e. The maximum atomic E-state index is 12.2. The first-order chi connectivity index (χ1) is 8.49. The second-order valence-electron chi connectivity index (χ2n) is 5.04. The van der Waals surface area contributed by atoms with Crippen molar-refractivity contribution < 1.29 is 13.2 Å². The van der Waals surface area contributed by atoms with Gasteiger partial charge in [-0.3, -0.25) is 5.41 Å². The zero-order valence-corrected chi connectivity index (χ0v) is 11.3. The Morgan fingerprint density at radius 3 is 2.50 bits per heavy atom. The molecule has 0 radical (unpaired) electrons. The van der Waals surface area contributed by atoms with Gasteiger partial charge in [0.05, 0.1) is 17.7 Å². The van der Waals surface area contributed by atoms with E-state index in [-0.39, 0.29) is 23.6 Å². The monoisotopic (exact) mass is 275 g/mol. The van der Waals surface area contributed by atoms with Gasteiger partial charge in [0.2, 0.25) is 10.0 Å². The quantitative estimate of drug-likeness (QED) is 0.563. The topological polar surface area (TPSA) is 96.5 Å². The van der Waals surface area contributed by atoms with Crippen molar-refractivity contribution in [2.45, 2.75) is 31.8 Å². The van der Waals surface area contributed by atoms with E-state index in [4.69, 9.17) is 15.9 Å². The summed E-state index contributed by atoms with van der Waals surface area (Å²) in [4.78, 5) is 0. The van der Waals surface area contributed by atoms with E-state index in [9.17, 15) is 8.42 Å². The molecule has 0 aromatic carbocycles. The predicted molar refractivity (Wildman–Crippen MR) is 69.0 cm³/mol. The highest BCUT2D eigenvalue weighted by atomic mass is 32.2. The fourth-order valence-corrected chi connectivity index (χ4v) is 4.27. The van der Waals surface area contributed by atoms with Gasteiger partial charge in [0.1, 0.15) is 0 Å². The Morgan fingerprint density at radius 2 is 2.00 bits per heavy atom. The van der Waals surface area contributed by atoms with Gasteiger partial charge in [-0.1, -0.05) is 0 Å². The molecule has 0 bridgehead atoms. The average Bonchev–Trinajstić information content (AvgIpc) is 2.81. The van der Waals surface area contributed by atoms with Gasteiger partial charge in [-0.05, 0) is 25.7 Å². The van der Waals surface area contributed by atoms with Crippen LogP contribution in [0.2, 0.25) is 0 Å². The van der Waals surface area contributed by atoms with Crippen LogP contribution in [0.4, 0.5) is 0 Å². The summed E-state index contributed by atoms with van der Waals surface area (Å²) in [7, 11) is -3.22. The molecule has 3 N–H and O–H groups in total. The number of amidine groups is 1. The number of sulfonamides is 1. The molecule has 0 amide bonds. The number of ether oxygens (including phenoxy) is 1. The first-order valence-corrected chi connectivity index (χ1v) is 8.03. The van der Waals surface area contributed by atoms with E-state index in [2.05, 4.69) is 0 Å². The molecule has 1 unspecified atom stereocenters. The standard InChI is InChI=1S/C11H21N3O3S/c12-11(13)9-3-5-14(6-4-9)18(15,16)8-10-2-1-7-17-10/h9-10H,1-8H2,(H3,12,13). The third-order valence-corrected chi connectivity index (χ3v) is 5.65. The first kappa shape index (κ1) is 13.8. The van der Waals surface area contributed by atoms with Crippen molar-refractivity contribution in [1.29, 1.82) is 5.41 Å². The molecule has 0 aromatic rings. The van der Waals surface area contributed by atoms with E-state index in [0.29, 0.717) is 32.5 Å². The van der Waals surface area contributed by atoms with E-state index in [1.165, 1.54) is 4.31 Å². The van der Waals surface area contributed by atoms with Gasteiger partial charge in [0.25, 0.3) is 0 Å². The first-order valence-electron chi connectivity index (χ1n) is 6.42. The highest BCUT2D eigenvalue weighted by Gasteiger charge is 2.32. The number of nitrogens with two attached hydrogens (primary N) is 1. The van der Waals surface area contributed by atoms with Crippen LogP contribution in [-0.2, 0) is 14.8 Å². The van der Waals surface area contributed by atoms with E-state index >= 15 is 0 Å². The fraction of sp³-hybridized carbons (Fsp3) is 0.909. The lowest BCUT2D eigenvalue weighted by atomic mass is 9.97. The molecule has 6 nitrogen and oxygen atoms in total. The molecule has 104 valence electrons. The highest BCUT2D eigenvalue weighted by Crippen LogP contribution is 2.22. The van der Waals surface area contributed by atoms with E-state index in [0.717, 1.165) is 12.8 Å². The van der Waals surface area contributed by atoms with Crippen molar-refractivity contribution >= 4 is 15.9 Å². The Bertz CT molecular complexity index is 396. The average molecular weight is 275 g/mol. The lowest BCUT2D eigenvalue weighted by Gasteiger charge is -2.31. The third kappa shape index (κ3) is 3.21. The summed E-state index contributed by atoms with van der Waals surface area (Å²) in [5, 5.41) is 7.38. The van der Waals surface area contributed by atoms with Crippen LogP contribution in [0.3, 0.4) is 0 Å². The Morgan fingerprint density at radius 1 is 1.33 bits per heavy atom. The number of hydrogen-bond acceptors (Lipinski definition) is 4. The summed E-state index contributed by atoms with van der Waals surface area (Å²) >= 11 is 0. The molecule has 2 heterocycles. The molecule has 0 spiro atoms. The summed E-state index contributed by atoms with van der Waals surface area (Å²) in [6.45, 7) is 1.62. The van der Waals surface area contributed by atoms with Crippen LogP contribution in [0, 0.1) is 11.3 Å². The molecule has 18 heavy (non-hydrogen) atoms. The fourth-order valence-electron chi connectivity index (χ4n) is 2.56. The molecule has 0 aliphatic carbocycles. The second kappa shape index (κ2) is 5.54. The van der Waals surface area contributed by atoms with Gasteiger partial charge >= 0.3 is 0 Å². The predicted octanol–water partition coefficient (Wildman–Crippen LogP) is 0.143. The second-order valence-corrected chi connectivity index (χ2v) is 7.06.